The summed E-state index contributed by atoms with van der Waals surface area (Å²) in [6, 6.07) is 7.02. The summed E-state index contributed by atoms with van der Waals surface area (Å²) in [5.74, 6) is -0.127. The van der Waals surface area contributed by atoms with E-state index < -0.39 is 5.97 Å². The molecule has 0 bridgehead atoms. The second-order valence-corrected chi connectivity index (χ2v) is 6.94. The molecule has 2 heterocycles. The first-order valence-corrected chi connectivity index (χ1v) is 9.35. The van der Waals surface area contributed by atoms with E-state index >= 15 is 0 Å². The van der Waals surface area contributed by atoms with Gasteiger partial charge in [0.2, 0.25) is 0 Å². The molecule has 0 aliphatic carbocycles. The number of rotatable bonds is 5. The maximum Gasteiger partial charge on any atom is 0.340 e. The molecule has 8 heteroatoms. The van der Waals surface area contributed by atoms with Crippen molar-refractivity contribution < 1.29 is 23.8 Å². The smallest absolute Gasteiger partial charge is 0.340 e. The van der Waals surface area contributed by atoms with Gasteiger partial charge in [0.25, 0.3) is 5.91 Å². The lowest BCUT2D eigenvalue weighted by atomic mass is 10.2. The summed E-state index contributed by atoms with van der Waals surface area (Å²) >= 11 is 6.14. The Bertz CT molecular complexity index is 887. The van der Waals surface area contributed by atoms with Gasteiger partial charge in [-0.25, -0.2) is 4.79 Å². The Hall–Kier alpha value is -2.51. The number of aromatic nitrogens is 1. The van der Waals surface area contributed by atoms with Crippen molar-refractivity contribution in [3.8, 4) is 11.4 Å². The molecule has 0 radical (unpaired) electrons. The third kappa shape index (κ3) is 4.15. The topological polar surface area (TPSA) is 70.0 Å². The summed E-state index contributed by atoms with van der Waals surface area (Å²) in [4.78, 5) is 26.4. The van der Waals surface area contributed by atoms with Crippen molar-refractivity contribution >= 4 is 23.5 Å². The first kappa shape index (κ1) is 20.2. The number of morpholine rings is 1. The van der Waals surface area contributed by atoms with Gasteiger partial charge in [-0.15, -0.1) is 0 Å². The molecule has 1 aromatic carbocycles. The van der Waals surface area contributed by atoms with E-state index in [1.807, 2.05) is 18.4 Å². The number of hydrogen-bond acceptors (Lipinski definition) is 5. The quantitative estimate of drug-likeness (QED) is 0.714. The second kappa shape index (κ2) is 8.67. The third-order valence-electron chi connectivity index (χ3n) is 4.72. The molecule has 1 fully saturated rings. The van der Waals surface area contributed by atoms with Crippen molar-refractivity contribution in [2.45, 2.75) is 13.8 Å². The standard InChI is InChI=1S/C20H23ClN2O5/c1-13-10-16(20(25)28-12-19(24)22-6-8-27-9-7-22)14(2)23(13)17-11-15(21)4-5-18(17)26-3/h4-5,10-11H,6-9,12H2,1-3H3. The highest BCUT2D eigenvalue weighted by atomic mass is 35.5. The fourth-order valence-electron chi connectivity index (χ4n) is 3.29. The Labute approximate surface area is 168 Å². The summed E-state index contributed by atoms with van der Waals surface area (Å²) in [6.45, 7) is 5.43. The minimum absolute atomic E-state index is 0.220. The lowest BCUT2D eigenvalue weighted by Crippen LogP contribution is -2.42. The Balaban J connectivity index is 1.79. The number of halogens is 1. The predicted molar refractivity (Wildman–Crippen MR) is 104 cm³/mol. The van der Waals surface area contributed by atoms with E-state index in [4.69, 9.17) is 25.8 Å². The highest BCUT2D eigenvalue weighted by molar-refractivity contribution is 6.30. The van der Waals surface area contributed by atoms with Gasteiger partial charge in [-0.1, -0.05) is 11.6 Å². The maximum atomic E-state index is 12.6. The lowest BCUT2D eigenvalue weighted by Gasteiger charge is -2.26. The van der Waals surface area contributed by atoms with Gasteiger partial charge in [-0.3, -0.25) is 4.79 Å². The molecule has 28 heavy (non-hydrogen) atoms. The van der Waals surface area contributed by atoms with Crippen molar-refractivity contribution in [3.05, 3.63) is 46.2 Å². The van der Waals surface area contributed by atoms with Crippen LogP contribution in [0.2, 0.25) is 5.02 Å². The molecule has 3 rings (SSSR count). The van der Waals surface area contributed by atoms with E-state index in [1.54, 1.807) is 36.3 Å². The maximum absolute atomic E-state index is 12.6. The van der Waals surface area contributed by atoms with Crippen LogP contribution in [0.5, 0.6) is 5.75 Å². The molecule has 0 saturated carbocycles. The third-order valence-corrected chi connectivity index (χ3v) is 4.96. The Morgan fingerprint density at radius 1 is 1.18 bits per heavy atom. The van der Waals surface area contributed by atoms with Crippen LogP contribution in [0, 0.1) is 13.8 Å². The SMILES string of the molecule is COc1ccc(Cl)cc1-n1c(C)cc(C(=O)OCC(=O)N2CCOCC2)c1C. The summed E-state index contributed by atoms with van der Waals surface area (Å²) in [6.07, 6.45) is 0. The van der Waals surface area contributed by atoms with Crippen LogP contribution in [-0.2, 0) is 14.3 Å². The molecule has 1 saturated heterocycles. The summed E-state index contributed by atoms with van der Waals surface area (Å²) in [5.41, 5.74) is 2.63. The molecule has 150 valence electrons. The summed E-state index contributed by atoms with van der Waals surface area (Å²) in [7, 11) is 1.58. The average Bonchev–Trinajstić information content (AvgIpc) is 3.00. The van der Waals surface area contributed by atoms with Crippen molar-refractivity contribution in [2.24, 2.45) is 0 Å². The zero-order valence-electron chi connectivity index (χ0n) is 16.2. The van der Waals surface area contributed by atoms with E-state index in [1.165, 1.54) is 0 Å². The zero-order valence-corrected chi connectivity index (χ0v) is 16.9. The van der Waals surface area contributed by atoms with Crippen LogP contribution in [0.4, 0.5) is 0 Å². The molecule has 1 amide bonds. The zero-order chi connectivity index (χ0) is 20.3. The molecule has 0 atom stereocenters. The normalized spacial score (nSPS) is 14.1. The summed E-state index contributed by atoms with van der Waals surface area (Å²) < 4.78 is 17.8. The molecular formula is C20H23ClN2O5. The molecule has 1 aliphatic heterocycles. The number of esters is 1. The van der Waals surface area contributed by atoms with E-state index in [-0.39, 0.29) is 12.5 Å². The number of aryl methyl sites for hydroxylation is 1. The van der Waals surface area contributed by atoms with E-state index in [0.717, 1.165) is 11.4 Å². The Morgan fingerprint density at radius 3 is 2.57 bits per heavy atom. The van der Waals surface area contributed by atoms with Gasteiger partial charge in [-0.05, 0) is 38.1 Å². The van der Waals surface area contributed by atoms with E-state index in [2.05, 4.69) is 0 Å². The molecule has 1 aromatic heterocycles. The molecule has 0 unspecified atom stereocenters. The molecule has 0 N–H and O–H groups in total. The first-order chi connectivity index (χ1) is 13.4. The van der Waals surface area contributed by atoms with Gasteiger partial charge in [0.1, 0.15) is 5.75 Å². The monoisotopic (exact) mass is 406 g/mol. The van der Waals surface area contributed by atoms with Crippen LogP contribution < -0.4 is 4.74 Å². The second-order valence-electron chi connectivity index (χ2n) is 6.51. The minimum atomic E-state index is -0.540. The first-order valence-electron chi connectivity index (χ1n) is 8.98. The van der Waals surface area contributed by atoms with Crippen LogP contribution in [0.3, 0.4) is 0 Å². The number of nitrogens with zero attached hydrogens (tertiary/aromatic N) is 2. The molecule has 2 aromatic rings. The molecule has 7 nitrogen and oxygen atoms in total. The number of hydrogen-bond donors (Lipinski definition) is 0. The van der Waals surface area contributed by atoms with Gasteiger partial charge in [0.15, 0.2) is 6.61 Å². The van der Waals surface area contributed by atoms with Crippen LogP contribution in [-0.4, -0.2) is 61.4 Å². The van der Waals surface area contributed by atoms with Crippen LogP contribution in [0.1, 0.15) is 21.7 Å². The van der Waals surface area contributed by atoms with Gasteiger partial charge in [0, 0.05) is 29.5 Å². The fraction of sp³-hybridized carbons (Fsp3) is 0.400. The van der Waals surface area contributed by atoms with Crippen molar-refractivity contribution in [2.75, 3.05) is 40.0 Å². The number of amides is 1. The van der Waals surface area contributed by atoms with Gasteiger partial charge >= 0.3 is 5.97 Å². The van der Waals surface area contributed by atoms with Crippen molar-refractivity contribution in [3.63, 3.8) is 0 Å². The molecular weight excluding hydrogens is 384 g/mol. The summed E-state index contributed by atoms with van der Waals surface area (Å²) in [5, 5.41) is 0.559. The van der Waals surface area contributed by atoms with Crippen molar-refractivity contribution in [1.82, 2.24) is 9.47 Å². The van der Waals surface area contributed by atoms with Gasteiger partial charge < -0.3 is 23.7 Å². The largest absolute Gasteiger partial charge is 0.495 e. The number of carbonyl (C=O) groups excluding carboxylic acids is 2. The van der Waals surface area contributed by atoms with Gasteiger partial charge in [0.05, 0.1) is 31.6 Å². The average molecular weight is 407 g/mol. The number of benzene rings is 1. The lowest BCUT2D eigenvalue weighted by molar-refractivity contribution is -0.138. The van der Waals surface area contributed by atoms with Crippen LogP contribution in [0.15, 0.2) is 24.3 Å². The highest BCUT2D eigenvalue weighted by Gasteiger charge is 2.22. The van der Waals surface area contributed by atoms with E-state index in [9.17, 15) is 9.59 Å². The van der Waals surface area contributed by atoms with Gasteiger partial charge in [-0.2, -0.15) is 0 Å². The molecule has 1 aliphatic rings. The Kier molecular flexibility index (Phi) is 6.26. The predicted octanol–water partition coefficient (Wildman–Crippen LogP) is 2.77. The Morgan fingerprint density at radius 2 is 1.89 bits per heavy atom. The number of carbonyl (C=O) groups is 2. The highest BCUT2D eigenvalue weighted by Crippen LogP contribution is 2.30. The minimum Gasteiger partial charge on any atom is -0.495 e. The molecule has 0 spiro atoms. The fourth-order valence-corrected chi connectivity index (χ4v) is 3.45. The number of ether oxygens (including phenoxy) is 3. The number of methoxy groups -OCH3 is 1. The van der Waals surface area contributed by atoms with Crippen LogP contribution in [0.25, 0.3) is 5.69 Å². The van der Waals surface area contributed by atoms with Crippen LogP contribution >= 0.6 is 11.6 Å². The van der Waals surface area contributed by atoms with E-state index in [0.29, 0.717) is 48.3 Å². The van der Waals surface area contributed by atoms with Crippen molar-refractivity contribution in [1.29, 1.82) is 0 Å².